The van der Waals surface area contributed by atoms with Crippen molar-refractivity contribution in [2.75, 3.05) is 32.1 Å². The first-order valence-electron chi connectivity index (χ1n) is 9.09. The van der Waals surface area contributed by atoms with Crippen LogP contribution in [-0.2, 0) is 9.57 Å². The molecule has 0 aliphatic heterocycles. The van der Waals surface area contributed by atoms with Gasteiger partial charge in [-0.25, -0.2) is 10.3 Å². The molecule has 10 heteroatoms. The van der Waals surface area contributed by atoms with Gasteiger partial charge in [0.25, 0.3) is 5.91 Å². The molecule has 0 unspecified atom stereocenters. The maximum atomic E-state index is 12.1. The van der Waals surface area contributed by atoms with E-state index in [-0.39, 0.29) is 6.79 Å². The molecular formula is C21H22N4O5S. The lowest BCUT2D eigenvalue weighted by atomic mass is 10.0. The molecule has 0 fully saturated rings. The first-order chi connectivity index (χ1) is 14.9. The van der Waals surface area contributed by atoms with Crippen molar-refractivity contribution < 1.29 is 23.9 Å². The second-order valence-electron chi connectivity index (χ2n) is 6.33. The molecule has 3 amide bonds. The topological polar surface area (TPSA) is 138 Å². The van der Waals surface area contributed by atoms with E-state index in [9.17, 15) is 9.59 Å². The maximum absolute atomic E-state index is 12.1. The number of hydrogen-bond donors (Lipinski definition) is 4. The summed E-state index contributed by atoms with van der Waals surface area (Å²) in [6.45, 7) is 0.134. The highest BCUT2D eigenvalue weighted by Gasteiger charge is 2.22. The number of nitrogens with two attached hydrogens (primary N) is 2. The number of nitrogens with one attached hydrogen (secondary N) is 2. The summed E-state index contributed by atoms with van der Waals surface area (Å²) in [6.07, 6.45) is 0. The minimum Gasteiger partial charge on any atom is -0.468 e. The number of carbonyl (C=O) groups excluding carboxylic acids is 2. The lowest BCUT2D eigenvalue weighted by Crippen LogP contribution is -2.27. The van der Waals surface area contributed by atoms with Crippen LogP contribution in [0.2, 0.25) is 0 Å². The number of amides is 3. The van der Waals surface area contributed by atoms with Crippen molar-refractivity contribution in [2.24, 2.45) is 5.73 Å². The monoisotopic (exact) mass is 442 g/mol. The summed E-state index contributed by atoms with van der Waals surface area (Å²) in [6, 6.07) is 13.7. The van der Waals surface area contributed by atoms with Crippen LogP contribution in [0.25, 0.3) is 21.6 Å². The number of methoxy groups -OCH3 is 1. The van der Waals surface area contributed by atoms with Gasteiger partial charge in [-0.1, -0.05) is 24.3 Å². The molecule has 6 N–H and O–H groups in total. The number of anilines is 2. The Balaban J connectivity index is 1.93. The Kier molecular flexibility index (Phi) is 7.08. The summed E-state index contributed by atoms with van der Waals surface area (Å²) in [7, 11) is 2.88. The zero-order valence-corrected chi connectivity index (χ0v) is 17.7. The van der Waals surface area contributed by atoms with Gasteiger partial charge in [0.1, 0.15) is 10.6 Å². The lowest BCUT2D eigenvalue weighted by Gasteiger charge is -2.08. The van der Waals surface area contributed by atoms with Gasteiger partial charge in [0.2, 0.25) is 0 Å². The Bertz CT molecular complexity index is 1060. The molecule has 0 saturated heterocycles. The van der Waals surface area contributed by atoms with Gasteiger partial charge in [0.05, 0.1) is 17.7 Å². The van der Waals surface area contributed by atoms with Crippen LogP contribution in [0.3, 0.4) is 0 Å². The lowest BCUT2D eigenvalue weighted by molar-refractivity contribution is 0.0511. The van der Waals surface area contributed by atoms with Crippen LogP contribution in [0.5, 0.6) is 5.75 Å². The molecule has 0 radical (unpaired) electrons. The molecule has 0 aliphatic carbocycles. The molecule has 3 rings (SSSR count). The van der Waals surface area contributed by atoms with Crippen LogP contribution in [0.15, 0.2) is 48.5 Å². The number of primary amides is 1. The second-order valence-corrected chi connectivity index (χ2v) is 7.35. The average molecular weight is 442 g/mol. The summed E-state index contributed by atoms with van der Waals surface area (Å²) < 4.78 is 10.3. The first-order valence-corrected chi connectivity index (χ1v) is 9.91. The molecule has 0 spiro atoms. The van der Waals surface area contributed by atoms with Crippen molar-refractivity contribution in [3.05, 3.63) is 53.4 Å². The number of nitrogen functional groups attached to an aromatic ring is 1. The highest BCUT2D eigenvalue weighted by atomic mass is 32.1. The van der Waals surface area contributed by atoms with E-state index in [2.05, 4.69) is 15.6 Å². The van der Waals surface area contributed by atoms with Gasteiger partial charge in [-0.15, -0.1) is 11.3 Å². The Hall–Kier alpha value is -3.60. The minimum atomic E-state index is -0.563. The van der Waals surface area contributed by atoms with E-state index in [0.717, 1.165) is 11.1 Å². The number of ether oxygens (including phenoxy) is 2. The van der Waals surface area contributed by atoms with Gasteiger partial charge in [0.15, 0.2) is 6.79 Å². The Morgan fingerprint density at radius 1 is 1.00 bits per heavy atom. The predicted octanol–water partition coefficient (Wildman–Crippen LogP) is 3.43. The number of hydroxylamine groups is 1. The molecule has 3 aromatic rings. The maximum Gasteiger partial charge on any atom is 0.343 e. The average Bonchev–Trinajstić information content (AvgIpc) is 3.11. The van der Waals surface area contributed by atoms with Crippen LogP contribution in [0.4, 0.5) is 16.2 Å². The molecule has 1 aromatic heterocycles. The molecule has 0 saturated carbocycles. The smallest absolute Gasteiger partial charge is 0.343 e. The molecule has 2 aromatic carbocycles. The Labute approximate surface area is 182 Å². The van der Waals surface area contributed by atoms with Gasteiger partial charge in [-0.2, -0.15) is 0 Å². The summed E-state index contributed by atoms with van der Waals surface area (Å²) in [5.41, 5.74) is 17.3. The van der Waals surface area contributed by atoms with E-state index < -0.39 is 11.9 Å². The van der Waals surface area contributed by atoms with Gasteiger partial charge < -0.3 is 26.3 Å². The zero-order valence-electron chi connectivity index (χ0n) is 16.9. The van der Waals surface area contributed by atoms with Gasteiger partial charge in [-0.05, 0) is 35.4 Å². The van der Waals surface area contributed by atoms with Crippen molar-refractivity contribution in [1.82, 2.24) is 5.48 Å². The van der Waals surface area contributed by atoms with E-state index in [4.69, 9.17) is 20.9 Å². The van der Waals surface area contributed by atoms with Crippen LogP contribution in [0, 0.1) is 0 Å². The summed E-state index contributed by atoms with van der Waals surface area (Å²) in [4.78, 5) is 29.3. The molecule has 0 aliphatic rings. The van der Waals surface area contributed by atoms with Crippen LogP contribution in [0.1, 0.15) is 9.67 Å². The zero-order chi connectivity index (χ0) is 22.4. The van der Waals surface area contributed by atoms with E-state index >= 15 is 0 Å². The number of thiophene rings is 1. The number of rotatable bonds is 8. The fourth-order valence-corrected chi connectivity index (χ4v) is 4.02. The van der Waals surface area contributed by atoms with Crippen LogP contribution in [-0.4, -0.2) is 33.0 Å². The van der Waals surface area contributed by atoms with Crippen molar-refractivity contribution in [2.45, 2.75) is 0 Å². The van der Waals surface area contributed by atoms with Crippen molar-refractivity contribution in [3.8, 4) is 27.3 Å². The summed E-state index contributed by atoms with van der Waals surface area (Å²) in [5.74, 6) is 0.0630. The number of urea groups is 1. The molecule has 0 atom stereocenters. The highest BCUT2D eigenvalue weighted by Crippen LogP contribution is 2.44. The third kappa shape index (κ3) is 5.12. The first kappa shape index (κ1) is 22.1. The second kappa shape index (κ2) is 9.94. The van der Waals surface area contributed by atoms with Crippen molar-refractivity contribution in [1.29, 1.82) is 0 Å². The van der Waals surface area contributed by atoms with E-state index in [1.807, 2.05) is 0 Å². The molecular weight excluding hydrogens is 420 g/mol. The molecule has 0 bridgehead atoms. The summed E-state index contributed by atoms with van der Waals surface area (Å²) >= 11 is 1.22. The number of hydrogen-bond acceptors (Lipinski definition) is 7. The van der Waals surface area contributed by atoms with Gasteiger partial charge in [0, 0.05) is 18.4 Å². The van der Waals surface area contributed by atoms with Crippen molar-refractivity contribution >= 4 is 34.6 Å². The number of carbonyl (C=O) groups is 2. The van der Waals surface area contributed by atoms with E-state index in [1.165, 1.54) is 25.6 Å². The fraction of sp³-hybridized carbons (Fsp3) is 0.143. The SMILES string of the molecule is COCOc1ccc(-c2c(C(N)=O)sc(-c3ccc(NC(=O)NOC)cc3)c2N)cc1. The van der Waals surface area contributed by atoms with Crippen LogP contribution < -0.4 is 27.0 Å². The number of benzene rings is 2. The van der Waals surface area contributed by atoms with Gasteiger partial charge in [-0.3, -0.25) is 9.63 Å². The van der Waals surface area contributed by atoms with E-state index in [0.29, 0.717) is 32.4 Å². The third-order valence-electron chi connectivity index (χ3n) is 4.26. The summed E-state index contributed by atoms with van der Waals surface area (Å²) in [5, 5.41) is 2.62. The molecule has 9 nitrogen and oxygen atoms in total. The largest absolute Gasteiger partial charge is 0.468 e. The normalized spacial score (nSPS) is 10.5. The molecule has 162 valence electrons. The highest BCUT2D eigenvalue weighted by molar-refractivity contribution is 7.18. The molecule has 31 heavy (non-hydrogen) atoms. The Morgan fingerprint density at radius 2 is 1.65 bits per heavy atom. The van der Waals surface area contributed by atoms with Crippen molar-refractivity contribution in [3.63, 3.8) is 0 Å². The van der Waals surface area contributed by atoms with E-state index in [1.54, 1.807) is 48.5 Å². The standard InChI is InChI=1S/C21H22N4O5S/c1-28-11-30-15-9-5-12(6-10-15)16-17(22)18(31-19(16)20(23)26)13-3-7-14(8-4-13)24-21(27)25-29-2/h3-10H,11,22H2,1-2H3,(H2,23,26)(H2,24,25,27). The quantitative estimate of drug-likeness (QED) is 0.311. The molecule has 1 heterocycles. The van der Waals surface area contributed by atoms with Gasteiger partial charge >= 0.3 is 6.03 Å². The Morgan fingerprint density at radius 3 is 2.23 bits per heavy atom. The third-order valence-corrected chi connectivity index (χ3v) is 5.52. The minimum absolute atomic E-state index is 0.134. The van der Waals surface area contributed by atoms with Crippen LogP contribution >= 0.6 is 11.3 Å². The predicted molar refractivity (Wildman–Crippen MR) is 120 cm³/mol. The fourth-order valence-electron chi connectivity index (χ4n) is 2.92.